The molecular formula is C5H5Cl2N3. The Morgan fingerprint density at radius 2 is 2.20 bits per heavy atom. The number of hydrogen-bond acceptors (Lipinski definition) is 3. The maximum Gasteiger partial charge on any atom is 0.173 e. The van der Waals surface area contributed by atoms with Crippen molar-refractivity contribution < 1.29 is 0 Å². The fourth-order valence-corrected chi connectivity index (χ4v) is 0.925. The Kier molecular flexibility index (Phi) is 2.29. The van der Waals surface area contributed by atoms with Gasteiger partial charge in [0.05, 0.1) is 6.20 Å². The van der Waals surface area contributed by atoms with E-state index in [2.05, 4.69) is 15.3 Å². The molecule has 3 nitrogen and oxygen atoms in total. The van der Waals surface area contributed by atoms with E-state index < -0.39 is 0 Å². The van der Waals surface area contributed by atoms with Gasteiger partial charge in [-0.25, -0.2) is 9.97 Å². The van der Waals surface area contributed by atoms with E-state index in [0.717, 1.165) is 0 Å². The largest absolute Gasteiger partial charge is 0.371 e. The first kappa shape index (κ1) is 7.57. The Balaban J connectivity index is 3.07. The van der Waals surface area contributed by atoms with Crippen LogP contribution in [0.4, 0.5) is 5.82 Å². The number of aromatic nitrogens is 2. The van der Waals surface area contributed by atoms with Crippen molar-refractivity contribution >= 4 is 29.0 Å². The number of halogens is 2. The highest BCUT2D eigenvalue weighted by Crippen LogP contribution is 2.16. The lowest BCUT2D eigenvalue weighted by molar-refractivity contribution is 1.19. The quantitative estimate of drug-likeness (QED) is 0.712. The minimum Gasteiger partial charge on any atom is -0.371 e. The van der Waals surface area contributed by atoms with Crippen LogP contribution >= 0.6 is 23.2 Å². The first-order valence-corrected chi connectivity index (χ1v) is 3.35. The zero-order valence-electron chi connectivity index (χ0n) is 5.23. The van der Waals surface area contributed by atoms with Gasteiger partial charge in [0.2, 0.25) is 0 Å². The predicted molar refractivity (Wildman–Crippen MR) is 41.6 cm³/mol. The standard InChI is InChI=1S/C5H5Cl2N3/c1-8-5-4(7)10-3(6)2-9-5/h2H,1H3,(H,8,9). The van der Waals surface area contributed by atoms with Crippen LogP contribution in [0.25, 0.3) is 0 Å². The van der Waals surface area contributed by atoms with E-state index in [9.17, 15) is 0 Å². The highest BCUT2D eigenvalue weighted by atomic mass is 35.5. The van der Waals surface area contributed by atoms with Crippen molar-refractivity contribution in [2.75, 3.05) is 12.4 Å². The summed E-state index contributed by atoms with van der Waals surface area (Å²) in [7, 11) is 1.71. The molecule has 0 unspecified atom stereocenters. The molecule has 0 aromatic carbocycles. The first-order chi connectivity index (χ1) is 4.74. The normalized spacial score (nSPS) is 9.50. The second-order valence-electron chi connectivity index (χ2n) is 1.58. The molecule has 1 rings (SSSR count). The lowest BCUT2D eigenvalue weighted by Crippen LogP contribution is -1.94. The lowest BCUT2D eigenvalue weighted by atomic mass is 10.6. The van der Waals surface area contributed by atoms with Crippen molar-refractivity contribution in [1.82, 2.24) is 9.97 Å². The van der Waals surface area contributed by atoms with E-state index in [-0.39, 0.29) is 5.15 Å². The van der Waals surface area contributed by atoms with Gasteiger partial charge in [-0.3, -0.25) is 0 Å². The highest BCUT2D eigenvalue weighted by molar-refractivity contribution is 6.33. The van der Waals surface area contributed by atoms with Crippen molar-refractivity contribution in [3.05, 3.63) is 16.5 Å². The zero-order chi connectivity index (χ0) is 7.56. The van der Waals surface area contributed by atoms with Crippen LogP contribution in [0.5, 0.6) is 0 Å². The molecule has 1 heterocycles. The van der Waals surface area contributed by atoms with Gasteiger partial charge < -0.3 is 5.32 Å². The molecule has 1 aromatic heterocycles. The van der Waals surface area contributed by atoms with Gasteiger partial charge in [-0.2, -0.15) is 0 Å². The Bertz CT molecular complexity index is 238. The van der Waals surface area contributed by atoms with Gasteiger partial charge >= 0.3 is 0 Å². The SMILES string of the molecule is CNc1ncc(Cl)nc1Cl. The molecule has 54 valence electrons. The molecule has 0 aliphatic carbocycles. The van der Waals surface area contributed by atoms with Gasteiger partial charge in [-0.15, -0.1) is 0 Å². The van der Waals surface area contributed by atoms with Crippen molar-refractivity contribution in [2.45, 2.75) is 0 Å². The third kappa shape index (κ3) is 1.49. The summed E-state index contributed by atoms with van der Waals surface area (Å²) < 4.78 is 0. The molecule has 0 amide bonds. The molecule has 0 saturated carbocycles. The van der Waals surface area contributed by atoms with E-state index >= 15 is 0 Å². The van der Waals surface area contributed by atoms with Crippen LogP contribution in [0, 0.1) is 0 Å². The molecule has 0 radical (unpaired) electrons. The molecule has 0 aliphatic rings. The second kappa shape index (κ2) is 3.03. The van der Waals surface area contributed by atoms with Crippen molar-refractivity contribution in [2.24, 2.45) is 0 Å². The van der Waals surface area contributed by atoms with Gasteiger partial charge in [0.1, 0.15) is 5.15 Å². The predicted octanol–water partition coefficient (Wildman–Crippen LogP) is 1.83. The maximum absolute atomic E-state index is 5.61. The molecule has 10 heavy (non-hydrogen) atoms. The molecular weight excluding hydrogens is 173 g/mol. The fraction of sp³-hybridized carbons (Fsp3) is 0.200. The number of nitrogens with zero attached hydrogens (tertiary/aromatic N) is 2. The topological polar surface area (TPSA) is 37.8 Å². The molecule has 0 saturated heterocycles. The third-order valence-electron chi connectivity index (χ3n) is 0.937. The molecule has 1 aromatic rings. The van der Waals surface area contributed by atoms with Gasteiger partial charge in [-0.05, 0) is 0 Å². The molecule has 0 fully saturated rings. The first-order valence-electron chi connectivity index (χ1n) is 2.60. The average molecular weight is 178 g/mol. The summed E-state index contributed by atoms with van der Waals surface area (Å²) in [6.07, 6.45) is 1.43. The van der Waals surface area contributed by atoms with E-state index in [1.165, 1.54) is 6.20 Å². The molecule has 0 atom stereocenters. The Morgan fingerprint density at radius 3 is 2.70 bits per heavy atom. The molecule has 0 aliphatic heterocycles. The van der Waals surface area contributed by atoms with Gasteiger partial charge in [0, 0.05) is 7.05 Å². The summed E-state index contributed by atoms with van der Waals surface area (Å²) in [6, 6.07) is 0. The smallest absolute Gasteiger partial charge is 0.173 e. The average Bonchev–Trinajstić information content (AvgIpc) is 1.88. The molecule has 5 heteroatoms. The summed E-state index contributed by atoms with van der Waals surface area (Å²) in [5.74, 6) is 0.533. The minimum absolute atomic E-state index is 0.287. The number of rotatable bonds is 1. The third-order valence-corrected chi connectivity index (χ3v) is 1.38. The lowest BCUT2D eigenvalue weighted by Gasteiger charge is -1.98. The van der Waals surface area contributed by atoms with Crippen LogP contribution in [0.3, 0.4) is 0 Å². The van der Waals surface area contributed by atoms with Crippen LogP contribution in [0.15, 0.2) is 6.20 Å². The Morgan fingerprint density at radius 1 is 1.50 bits per heavy atom. The number of nitrogens with one attached hydrogen (secondary N) is 1. The van der Waals surface area contributed by atoms with Crippen molar-refractivity contribution in [3.8, 4) is 0 Å². The summed E-state index contributed by atoms with van der Waals surface area (Å²) in [5, 5.41) is 3.34. The van der Waals surface area contributed by atoms with Crippen LogP contribution in [-0.2, 0) is 0 Å². The van der Waals surface area contributed by atoms with E-state index in [4.69, 9.17) is 23.2 Å². The summed E-state index contributed by atoms with van der Waals surface area (Å²) in [5.41, 5.74) is 0. The van der Waals surface area contributed by atoms with Crippen LogP contribution < -0.4 is 5.32 Å². The van der Waals surface area contributed by atoms with Gasteiger partial charge in [0.15, 0.2) is 11.0 Å². The molecule has 0 bridgehead atoms. The van der Waals surface area contributed by atoms with Crippen LogP contribution in [-0.4, -0.2) is 17.0 Å². The maximum atomic E-state index is 5.61. The summed E-state index contributed by atoms with van der Waals surface area (Å²) in [6.45, 7) is 0. The Hall–Kier alpha value is -0.540. The highest BCUT2D eigenvalue weighted by Gasteiger charge is 1.99. The summed E-state index contributed by atoms with van der Waals surface area (Å²) >= 11 is 11.1. The number of hydrogen-bond donors (Lipinski definition) is 1. The van der Waals surface area contributed by atoms with Gasteiger partial charge in [0.25, 0.3) is 0 Å². The van der Waals surface area contributed by atoms with Crippen molar-refractivity contribution in [1.29, 1.82) is 0 Å². The van der Waals surface area contributed by atoms with Crippen LogP contribution in [0.2, 0.25) is 10.3 Å². The molecule has 0 spiro atoms. The second-order valence-corrected chi connectivity index (χ2v) is 2.33. The zero-order valence-corrected chi connectivity index (χ0v) is 6.74. The monoisotopic (exact) mass is 177 g/mol. The van der Waals surface area contributed by atoms with E-state index in [1.54, 1.807) is 7.05 Å². The van der Waals surface area contributed by atoms with Crippen molar-refractivity contribution in [3.63, 3.8) is 0 Å². The summed E-state index contributed by atoms with van der Waals surface area (Å²) in [4.78, 5) is 7.61. The molecule has 1 N–H and O–H groups in total. The number of anilines is 1. The Labute approximate surface area is 68.4 Å². The fourth-order valence-electron chi connectivity index (χ4n) is 0.514. The van der Waals surface area contributed by atoms with Crippen LogP contribution in [0.1, 0.15) is 0 Å². The van der Waals surface area contributed by atoms with E-state index in [1.807, 2.05) is 0 Å². The van der Waals surface area contributed by atoms with Gasteiger partial charge in [-0.1, -0.05) is 23.2 Å². The minimum atomic E-state index is 0.287. The van der Waals surface area contributed by atoms with E-state index in [0.29, 0.717) is 11.0 Å².